The second-order valence-electron chi connectivity index (χ2n) is 3.10. The number of ketones is 1. The Hall–Kier alpha value is -1.09. The summed E-state index contributed by atoms with van der Waals surface area (Å²) in [5.74, 6) is 0.622. The van der Waals surface area contributed by atoms with Crippen LogP contribution in [0.5, 0.6) is 5.75 Å². The van der Waals surface area contributed by atoms with Crippen molar-refractivity contribution < 1.29 is 9.53 Å². The van der Waals surface area contributed by atoms with Crippen LogP contribution in [0.1, 0.15) is 23.7 Å². The van der Waals surface area contributed by atoms with Gasteiger partial charge in [0, 0.05) is 0 Å². The fourth-order valence-corrected chi connectivity index (χ4v) is 1.66. The van der Waals surface area contributed by atoms with Gasteiger partial charge in [0.2, 0.25) is 0 Å². The highest BCUT2D eigenvalue weighted by atomic mass is 79.9. The van der Waals surface area contributed by atoms with E-state index < -0.39 is 0 Å². The number of Topliss-reactive ketones (excluding diaryl/α,β-unsaturated/α-hetero) is 1. The first kappa shape index (κ1) is 12.0. The predicted octanol–water partition coefficient (Wildman–Crippen LogP) is 3.61. The lowest BCUT2D eigenvalue weighted by molar-refractivity contribution is 0.101. The molecule has 0 unspecified atom stereocenters. The van der Waals surface area contributed by atoms with Gasteiger partial charge in [-0.2, -0.15) is 0 Å². The summed E-state index contributed by atoms with van der Waals surface area (Å²) in [5, 5.41) is 0. The molecule has 15 heavy (non-hydrogen) atoms. The van der Waals surface area contributed by atoms with Gasteiger partial charge in [-0.25, -0.2) is 0 Å². The predicted molar refractivity (Wildman–Crippen MR) is 64.5 cm³/mol. The molecule has 0 bridgehead atoms. The molecule has 0 aliphatic rings. The van der Waals surface area contributed by atoms with Crippen molar-refractivity contribution in [2.24, 2.45) is 0 Å². The maximum absolute atomic E-state index is 11.3. The van der Waals surface area contributed by atoms with Crippen LogP contribution in [-0.4, -0.2) is 12.4 Å². The minimum absolute atomic E-state index is 0.00454. The van der Waals surface area contributed by atoms with E-state index in [1.807, 2.05) is 12.1 Å². The second-order valence-corrected chi connectivity index (χ2v) is 3.95. The number of ether oxygens (including phenoxy) is 1. The van der Waals surface area contributed by atoms with Crippen LogP contribution < -0.4 is 4.74 Å². The highest BCUT2D eigenvalue weighted by Crippen LogP contribution is 2.29. The zero-order chi connectivity index (χ0) is 11.3. The van der Waals surface area contributed by atoms with Gasteiger partial charge in [0.15, 0.2) is 5.78 Å². The number of hydrogen-bond donors (Lipinski definition) is 0. The molecule has 0 spiro atoms. The van der Waals surface area contributed by atoms with E-state index >= 15 is 0 Å². The number of carbonyl (C=O) groups is 1. The van der Waals surface area contributed by atoms with Crippen LogP contribution in [0.25, 0.3) is 0 Å². The second kappa shape index (κ2) is 5.71. The zero-order valence-electron chi connectivity index (χ0n) is 8.63. The van der Waals surface area contributed by atoms with Gasteiger partial charge in [-0.1, -0.05) is 12.1 Å². The lowest BCUT2D eigenvalue weighted by atomic mass is 10.1. The van der Waals surface area contributed by atoms with Crippen molar-refractivity contribution in [3.05, 3.63) is 40.9 Å². The molecule has 0 heterocycles. The van der Waals surface area contributed by atoms with Gasteiger partial charge in [0.05, 0.1) is 16.6 Å². The van der Waals surface area contributed by atoms with Gasteiger partial charge < -0.3 is 4.74 Å². The molecule has 80 valence electrons. The molecule has 1 rings (SSSR count). The molecule has 0 aromatic heterocycles. The van der Waals surface area contributed by atoms with Crippen LogP contribution >= 0.6 is 15.9 Å². The number of halogens is 1. The first-order valence-corrected chi connectivity index (χ1v) is 5.49. The van der Waals surface area contributed by atoms with Gasteiger partial charge in [0.1, 0.15) is 5.75 Å². The Bertz CT molecular complexity index is 372. The molecule has 3 heteroatoms. The summed E-state index contributed by atoms with van der Waals surface area (Å²) in [6.45, 7) is 5.68. The fourth-order valence-electron chi connectivity index (χ4n) is 1.18. The molecule has 2 nitrogen and oxygen atoms in total. The van der Waals surface area contributed by atoms with Crippen molar-refractivity contribution in [2.75, 3.05) is 6.61 Å². The summed E-state index contributed by atoms with van der Waals surface area (Å²) in [5.41, 5.74) is 0.605. The summed E-state index contributed by atoms with van der Waals surface area (Å²) in [7, 11) is 0. The summed E-state index contributed by atoms with van der Waals surface area (Å²) < 4.78 is 6.34. The molecule has 0 amide bonds. The number of rotatable bonds is 5. The molecule has 1 aromatic carbocycles. The molecule has 0 atom stereocenters. The van der Waals surface area contributed by atoms with Crippen molar-refractivity contribution in [2.45, 2.75) is 13.3 Å². The molecular formula is C12H13BrO2. The zero-order valence-corrected chi connectivity index (χ0v) is 10.2. The smallest absolute Gasteiger partial charge is 0.163 e. The molecule has 0 radical (unpaired) electrons. The molecule has 0 N–H and O–H groups in total. The molecule has 0 aliphatic heterocycles. The quantitative estimate of drug-likeness (QED) is 0.463. The highest BCUT2D eigenvalue weighted by molar-refractivity contribution is 9.10. The third-order valence-corrected chi connectivity index (χ3v) is 2.54. The van der Waals surface area contributed by atoms with E-state index in [1.54, 1.807) is 12.1 Å². The number of hydrogen-bond acceptors (Lipinski definition) is 2. The van der Waals surface area contributed by atoms with Crippen LogP contribution in [-0.2, 0) is 0 Å². The lowest BCUT2D eigenvalue weighted by Crippen LogP contribution is -2.02. The molecule has 1 aromatic rings. The van der Waals surface area contributed by atoms with E-state index in [2.05, 4.69) is 22.5 Å². The average molecular weight is 269 g/mol. The van der Waals surface area contributed by atoms with Crippen LogP contribution in [0.4, 0.5) is 0 Å². The van der Waals surface area contributed by atoms with Crippen molar-refractivity contribution in [3.63, 3.8) is 0 Å². The summed E-state index contributed by atoms with van der Waals surface area (Å²) in [6.07, 6.45) is 2.54. The van der Waals surface area contributed by atoms with E-state index in [4.69, 9.17) is 4.74 Å². The van der Waals surface area contributed by atoms with Crippen LogP contribution in [0, 0.1) is 0 Å². The minimum Gasteiger partial charge on any atom is -0.491 e. The van der Waals surface area contributed by atoms with Crippen molar-refractivity contribution in [1.82, 2.24) is 0 Å². The monoisotopic (exact) mass is 268 g/mol. The normalized spacial score (nSPS) is 9.73. The Morgan fingerprint density at radius 1 is 1.60 bits per heavy atom. The van der Waals surface area contributed by atoms with Crippen LogP contribution in [0.2, 0.25) is 0 Å². The maximum atomic E-state index is 11.3. The lowest BCUT2D eigenvalue weighted by Gasteiger charge is -2.10. The van der Waals surface area contributed by atoms with E-state index in [9.17, 15) is 4.79 Å². The summed E-state index contributed by atoms with van der Waals surface area (Å²) in [6, 6.07) is 5.44. The Morgan fingerprint density at radius 2 is 2.33 bits per heavy atom. The minimum atomic E-state index is 0.00454. The van der Waals surface area contributed by atoms with Gasteiger partial charge in [0.25, 0.3) is 0 Å². The van der Waals surface area contributed by atoms with Gasteiger partial charge >= 0.3 is 0 Å². The Morgan fingerprint density at radius 3 is 2.93 bits per heavy atom. The van der Waals surface area contributed by atoms with Crippen LogP contribution in [0.15, 0.2) is 35.3 Å². The largest absolute Gasteiger partial charge is 0.491 e. The Balaban J connectivity index is 2.92. The first-order valence-electron chi connectivity index (χ1n) is 4.70. The van der Waals surface area contributed by atoms with E-state index in [-0.39, 0.29) is 5.78 Å². The third kappa shape index (κ3) is 3.20. The third-order valence-electron chi connectivity index (χ3n) is 1.91. The fraction of sp³-hybridized carbons (Fsp3) is 0.250. The molecular weight excluding hydrogens is 256 g/mol. The average Bonchev–Trinajstić information content (AvgIpc) is 2.20. The first-order chi connectivity index (χ1) is 7.16. The topological polar surface area (TPSA) is 26.3 Å². The number of benzene rings is 1. The SMILES string of the molecule is C=CCCOc1c(Br)cccc1C(C)=O. The maximum Gasteiger partial charge on any atom is 0.163 e. The number of carbonyl (C=O) groups excluding carboxylic acids is 1. The van der Waals surface area contributed by atoms with Crippen molar-refractivity contribution in [3.8, 4) is 5.75 Å². The Labute approximate surface area is 98.1 Å². The van der Waals surface area contributed by atoms with Gasteiger partial charge in [-0.3, -0.25) is 4.79 Å². The van der Waals surface area contributed by atoms with Crippen LogP contribution in [0.3, 0.4) is 0 Å². The Kier molecular flexibility index (Phi) is 4.56. The molecule has 0 aliphatic carbocycles. The summed E-state index contributed by atoms with van der Waals surface area (Å²) in [4.78, 5) is 11.3. The van der Waals surface area contributed by atoms with E-state index in [0.29, 0.717) is 17.9 Å². The van der Waals surface area contributed by atoms with Crippen molar-refractivity contribution >= 4 is 21.7 Å². The standard InChI is InChI=1S/C12H13BrO2/c1-3-4-8-15-12-10(9(2)14)6-5-7-11(12)13/h3,5-7H,1,4,8H2,2H3. The van der Waals surface area contributed by atoms with Gasteiger partial charge in [-0.05, 0) is 41.4 Å². The highest BCUT2D eigenvalue weighted by Gasteiger charge is 2.11. The molecule has 0 fully saturated rings. The van der Waals surface area contributed by atoms with E-state index in [0.717, 1.165) is 10.9 Å². The van der Waals surface area contributed by atoms with E-state index in [1.165, 1.54) is 6.92 Å². The molecule has 0 saturated carbocycles. The number of para-hydroxylation sites is 1. The van der Waals surface area contributed by atoms with Gasteiger partial charge in [-0.15, -0.1) is 6.58 Å². The molecule has 0 saturated heterocycles. The summed E-state index contributed by atoms with van der Waals surface area (Å²) >= 11 is 3.36. The van der Waals surface area contributed by atoms with Crippen molar-refractivity contribution in [1.29, 1.82) is 0 Å².